The van der Waals surface area contributed by atoms with Crippen LogP contribution in [0.1, 0.15) is 23.2 Å². The fourth-order valence-corrected chi connectivity index (χ4v) is 7.56. The SMILES string of the molecule is COc1cnc2c(ccn2SP(I)I)c1C(=O)C1CCNCC1. The van der Waals surface area contributed by atoms with E-state index >= 15 is 0 Å². The normalized spacial score (nSPS) is 16.2. The minimum atomic E-state index is -0.217. The summed E-state index contributed by atoms with van der Waals surface area (Å²) in [6.07, 6.45) is 5.44. The lowest BCUT2D eigenvalue weighted by atomic mass is 9.88. The maximum Gasteiger partial charge on any atom is 0.170 e. The molecule has 1 fully saturated rings. The van der Waals surface area contributed by atoms with Crippen molar-refractivity contribution in [2.45, 2.75) is 12.8 Å². The van der Waals surface area contributed by atoms with Crippen molar-refractivity contribution in [1.82, 2.24) is 14.3 Å². The number of nitrogens with one attached hydrogen (secondary N) is 1. The molecule has 23 heavy (non-hydrogen) atoms. The highest BCUT2D eigenvalue weighted by atomic mass is 127. The first-order valence-electron chi connectivity index (χ1n) is 7.21. The Morgan fingerprint density at radius 1 is 1.48 bits per heavy atom. The summed E-state index contributed by atoms with van der Waals surface area (Å²) in [5, 5.41) is 4.20. The molecule has 0 radical (unpaired) electrons. The number of aromatic nitrogens is 2. The van der Waals surface area contributed by atoms with Gasteiger partial charge >= 0.3 is 0 Å². The molecule has 0 saturated carbocycles. The number of ether oxygens (including phenoxy) is 1. The molecule has 0 unspecified atom stereocenters. The lowest BCUT2D eigenvalue weighted by molar-refractivity contribution is 0.0893. The van der Waals surface area contributed by atoms with Gasteiger partial charge in [-0.15, -0.1) is 0 Å². The van der Waals surface area contributed by atoms with Gasteiger partial charge in [0.1, 0.15) is 8.16 Å². The number of pyridine rings is 1. The highest BCUT2D eigenvalue weighted by molar-refractivity contribution is 14.3. The van der Waals surface area contributed by atoms with Crippen LogP contribution in [0, 0.1) is 5.92 Å². The van der Waals surface area contributed by atoms with E-state index in [2.05, 4.69) is 58.4 Å². The fraction of sp³-hybridized carbons (Fsp3) is 0.429. The van der Waals surface area contributed by atoms with Crippen molar-refractivity contribution in [2.75, 3.05) is 20.2 Å². The Morgan fingerprint density at radius 3 is 2.87 bits per heavy atom. The standard InChI is InChI=1S/C14H16I2N3O2PS/c1-21-11-8-18-14-10(4-7-19(14)23-22(15)16)12(11)13(20)9-2-5-17-6-3-9/h4,7-9,17H,2-3,5-6H2,1H3. The van der Waals surface area contributed by atoms with Crippen LogP contribution in [0.15, 0.2) is 18.5 Å². The van der Waals surface area contributed by atoms with Crippen LogP contribution < -0.4 is 10.1 Å². The summed E-state index contributed by atoms with van der Waals surface area (Å²) >= 11 is 6.56. The van der Waals surface area contributed by atoms with Gasteiger partial charge in [-0.05, 0) is 76.1 Å². The third kappa shape index (κ3) is 3.96. The first-order valence-corrected chi connectivity index (χ1v) is 15.5. The van der Waals surface area contributed by atoms with E-state index in [1.807, 2.05) is 12.3 Å². The first kappa shape index (κ1) is 18.2. The van der Waals surface area contributed by atoms with E-state index in [0.29, 0.717) is 11.3 Å². The third-order valence-corrected chi connectivity index (χ3v) is 8.64. The van der Waals surface area contributed by atoms with Gasteiger partial charge < -0.3 is 10.1 Å². The van der Waals surface area contributed by atoms with E-state index in [-0.39, 0.29) is 14.1 Å². The molecule has 5 nitrogen and oxygen atoms in total. The molecule has 0 amide bonds. The van der Waals surface area contributed by atoms with Crippen molar-refractivity contribution in [2.24, 2.45) is 5.92 Å². The average molecular weight is 575 g/mol. The molecule has 9 heteroatoms. The van der Waals surface area contributed by atoms with Crippen LogP contribution in [0.25, 0.3) is 11.0 Å². The van der Waals surface area contributed by atoms with Crippen LogP contribution >= 0.6 is 58.1 Å². The van der Waals surface area contributed by atoms with Crippen molar-refractivity contribution in [1.29, 1.82) is 0 Å². The van der Waals surface area contributed by atoms with Gasteiger partial charge in [-0.3, -0.25) is 8.77 Å². The summed E-state index contributed by atoms with van der Waals surface area (Å²) in [5.41, 5.74) is 1.53. The van der Waals surface area contributed by atoms with E-state index in [9.17, 15) is 4.79 Å². The minimum absolute atomic E-state index is 0.0676. The van der Waals surface area contributed by atoms with Crippen LogP contribution in [0.4, 0.5) is 0 Å². The Bertz CT molecular complexity index is 719. The molecule has 2 aromatic heterocycles. The molecule has 0 aliphatic carbocycles. The van der Waals surface area contributed by atoms with Crippen LogP contribution in [0.2, 0.25) is 0 Å². The number of hydrogen-bond donors (Lipinski definition) is 1. The van der Waals surface area contributed by atoms with Gasteiger partial charge in [-0.1, -0.05) is 0 Å². The molecule has 1 aliphatic rings. The number of hydrogen-bond acceptors (Lipinski definition) is 5. The average Bonchev–Trinajstić information content (AvgIpc) is 2.96. The van der Waals surface area contributed by atoms with Gasteiger partial charge in [-0.25, -0.2) is 4.98 Å². The number of piperidine rings is 1. The zero-order valence-electron chi connectivity index (χ0n) is 12.5. The second kappa shape index (κ2) is 8.16. The number of Topliss-reactive ketones (excluding diaryl/α,β-unsaturated/α-hetero) is 1. The van der Waals surface area contributed by atoms with Crippen LogP contribution in [0.3, 0.4) is 0 Å². The predicted octanol–water partition coefficient (Wildman–Crippen LogP) is 4.82. The molecule has 3 heterocycles. The quantitative estimate of drug-likeness (QED) is 0.315. The Morgan fingerprint density at radius 2 is 2.22 bits per heavy atom. The summed E-state index contributed by atoms with van der Waals surface area (Å²) < 4.78 is 7.28. The zero-order chi connectivity index (χ0) is 16.4. The Hall–Kier alpha value is 0.360. The predicted molar refractivity (Wildman–Crippen MR) is 114 cm³/mol. The molecule has 1 N–H and O–H groups in total. The molecule has 1 saturated heterocycles. The lowest BCUT2D eigenvalue weighted by Gasteiger charge is -2.22. The van der Waals surface area contributed by atoms with Crippen molar-refractivity contribution in [3.8, 4) is 5.75 Å². The van der Waals surface area contributed by atoms with Gasteiger partial charge in [-0.2, -0.15) is 0 Å². The number of nitrogens with zero attached hydrogens (tertiary/aromatic N) is 2. The molecular formula is C14H16I2N3O2PS. The summed E-state index contributed by atoms with van der Waals surface area (Å²) in [7, 11) is 1.60. The number of methoxy groups -OCH3 is 1. The highest BCUT2D eigenvalue weighted by Crippen LogP contribution is 2.65. The lowest BCUT2D eigenvalue weighted by Crippen LogP contribution is -2.32. The molecule has 3 rings (SSSR count). The van der Waals surface area contributed by atoms with Gasteiger partial charge in [0.15, 0.2) is 11.4 Å². The number of rotatable bonds is 5. The molecular weight excluding hydrogens is 559 g/mol. The first-order chi connectivity index (χ1) is 11.1. The summed E-state index contributed by atoms with van der Waals surface area (Å²) in [6.45, 7) is 1.80. The second-order valence-electron chi connectivity index (χ2n) is 5.25. The third-order valence-electron chi connectivity index (χ3n) is 3.97. The van der Waals surface area contributed by atoms with E-state index in [0.717, 1.165) is 37.0 Å². The minimum Gasteiger partial charge on any atom is -0.494 e. The molecule has 1 aliphatic heterocycles. The summed E-state index contributed by atoms with van der Waals surface area (Å²) in [6, 6.07) is 1.98. The highest BCUT2D eigenvalue weighted by Gasteiger charge is 2.27. The Kier molecular flexibility index (Phi) is 6.44. The topological polar surface area (TPSA) is 56.2 Å². The Balaban J connectivity index is 2.05. The largest absolute Gasteiger partial charge is 0.494 e. The molecule has 0 bridgehead atoms. The Labute approximate surface area is 166 Å². The van der Waals surface area contributed by atoms with Crippen molar-refractivity contribution in [3.05, 3.63) is 24.0 Å². The van der Waals surface area contributed by atoms with Crippen LogP contribution in [-0.4, -0.2) is 34.9 Å². The van der Waals surface area contributed by atoms with Crippen molar-refractivity contribution < 1.29 is 9.53 Å². The van der Waals surface area contributed by atoms with Crippen molar-refractivity contribution >= 4 is 74.9 Å². The van der Waals surface area contributed by atoms with Crippen LogP contribution in [0.5, 0.6) is 5.75 Å². The maximum absolute atomic E-state index is 13.1. The number of carbonyl (C=O) groups excluding carboxylic acids is 1. The number of carbonyl (C=O) groups is 1. The van der Waals surface area contributed by atoms with E-state index in [1.54, 1.807) is 24.9 Å². The number of halogens is 2. The van der Waals surface area contributed by atoms with E-state index in [4.69, 9.17) is 4.74 Å². The van der Waals surface area contributed by atoms with Crippen molar-refractivity contribution in [3.63, 3.8) is 0 Å². The van der Waals surface area contributed by atoms with Crippen LogP contribution in [-0.2, 0) is 0 Å². The van der Waals surface area contributed by atoms with E-state index < -0.39 is 0 Å². The van der Waals surface area contributed by atoms with E-state index in [1.165, 1.54) is 0 Å². The van der Waals surface area contributed by atoms with Gasteiger partial charge in [0.05, 0.1) is 18.9 Å². The van der Waals surface area contributed by atoms with Gasteiger partial charge in [0.2, 0.25) is 0 Å². The van der Waals surface area contributed by atoms with Gasteiger partial charge in [0, 0.05) is 29.1 Å². The zero-order valence-corrected chi connectivity index (χ0v) is 18.5. The smallest absolute Gasteiger partial charge is 0.170 e. The fourth-order valence-electron chi connectivity index (χ4n) is 2.87. The summed E-state index contributed by atoms with van der Waals surface area (Å²) in [4.78, 5) is 17.6. The number of ketones is 1. The second-order valence-corrected chi connectivity index (χ2v) is 23.1. The monoisotopic (exact) mass is 575 g/mol. The maximum atomic E-state index is 13.1. The molecule has 124 valence electrons. The van der Waals surface area contributed by atoms with Gasteiger partial charge in [0.25, 0.3) is 0 Å². The molecule has 0 spiro atoms. The molecule has 0 aromatic carbocycles. The number of fused-ring (bicyclic) bond motifs is 1. The molecule has 0 atom stereocenters. The molecule has 2 aromatic rings. The summed E-state index contributed by atoms with van der Waals surface area (Å²) in [5.74, 6) is 0.831.